The van der Waals surface area contributed by atoms with Crippen molar-refractivity contribution in [3.05, 3.63) is 31.5 Å². The number of nitrogens with zero attached hydrogens (tertiary/aromatic N) is 3. The van der Waals surface area contributed by atoms with Gasteiger partial charge >= 0.3 is 34.7 Å². The van der Waals surface area contributed by atoms with Gasteiger partial charge in [-0.15, -0.1) is 0 Å². The molecule has 0 N–H and O–H groups in total. The van der Waals surface area contributed by atoms with Crippen LogP contribution in [0.1, 0.15) is 25.7 Å². The standard InChI is InChI=1S/C34H76FN3O9Si6/c1-42-52(43-2,44-3)25-17-23-50(11,12)29-27-48(7,8)21-15-19-36-32(39)37(34(41)38(31-35)33(36)40)20-16-22-49(9,10)28-30-51(13,14)24-18-26-53(45-4,46-5)47-6/h15-31H2,1-14H3. The topological polar surface area (TPSA) is 121 Å². The molecule has 0 aliphatic heterocycles. The maximum Gasteiger partial charge on any atom is 0.500 e. The molecule has 312 valence electrons. The first-order valence-corrected chi connectivity index (χ1v) is 36.9. The lowest BCUT2D eigenvalue weighted by Gasteiger charge is -2.30. The fourth-order valence-electron chi connectivity index (χ4n) is 7.13. The van der Waals surface area contributed by atoms with Crippen LogP contribution in [-0.2, 0) is 46.4 Å². The Morgan fingerprint density at radius 1 is 0.396 bits per heavy atom. The lowest BCUT2D eigenvalue weighted by atomic mass is 10.4. The average molecular weight is 859 g/mol. The molecule has 0 aromatic carbocycles. The summed E-state index contributed by atoms with van der Waals surface area (Å²) < 4.78 is 50.3. The van der Waals surface area contributed by atoms with Crippen LogP contribution in [0.4, 0.5) is 4.39 Å². The molecular formula is C34H76FN3O9Si6. The number of alkyl halides is 1. The summed E-state index contributed by atoms with van der Waals surface area (Å²) in [7, 11) is -1.38. The summed E-state index contributed by atoms with van der Waals surface area (Å²) in [6, 6.07) is 10.6. The van der Waals surface area contributed by atoms with Gasteiger partial charge in [0.1, 0.15) is 0 Å². The molecule has 0 aliphatic carbocycles. The summed E-state index contributed by atoms with van der Waals surface area (Å²) in [5.74, 6) is 0. The third-order valence-corrected chi connectivity index (χ3v) is 31.4. The molecule has 1 rings (SSSR count). The summed E-state index contributed by atoms with van der Waals surface area (Å²) in [4.78, 5) is 39.7. The summed E-state index contributed by atoms with van der Waals surface area (Å²) >= 11 is 0. The van der Waals surface area contributed by atoms with Gasteiger partial charge in [0, 0.05) is 100 Å². The quantitative estimate of drug-likeness (QED) is 0.0768. The number of aromatic nitrogens is 3. The number of halogens is 1. The molecule has 0 saturated carbocycles. The van der Waals surface area contributed by atoms with E-state index in [0.29, 0.717) is 17.4 Å². The van der Waals surface area contributed by atoms with Crippen LogP contribution < -0.4 is 17.1 Å². The molecule has 1 aromatic heterocycles. The minimum absolute atomic E-state index is 0.190. The third-order valence-electron chi connectivity index (χ3n) is 11.5. The summed E-state index contributed by atoms with van der Waals surface area (Å²) in [6.45, 7) is 18.3. The zero-order valence-corrected chi connectivity index (χ0v) is 41.9. The Labute approximate surface area is 325 Å². The molecule has 0 fully saturated rings. The fraction of sp³-hybridized carbons (Fsp3) is 0.912. The second kappa shape index (κ2) is 22.4. The first-order valence-electron chi connectivity index (χ1n) is 19.4. The van der Waals surface area contributed by atoms with Crippen molar-refractivity contribution in [2.75, 3.05) is 42.7 Å². The Morgan fingerprint density at radius 3 is 0.887 bits per heavy atom. The minimum Gasteiger partial charge on any atom is -0.377 e. The van der Waals surface area contributed by atoms with Gasteiger partial charge in [-0.25, -0.2) is 32.5 Å². The lowest BCUT2D eigenvalue weighted by Crippen LogP contribution is -2.54. The molecule has 12 nitrogen and oxygen atoms in total. The first-order chi connectivity index (χ1) is 24.6. The molecule has 19 heteroatoms. The van der Waals surface area contributed by atoms with Crippen molar-refractivity contribution >= 4 is 49.9 Å². The lowest BCUT2D eigenvalue weighted by molar-refractivity contribution is 0.123. The van der Waals surface area contributed by atoms with Crippen molar-refractivity contribution in [1.29, 1.82) is 0 Å². The van der Waals surface area contributed by atoms with Crippen molar-refractivity contribution in [3.63, 3.8) is 0 Å². The second-order valence-corrected chi connectivity index (χ2v) is 45.4. The van der Waals surface area contributed by atoms with Crippen LogP contribution in [-0.4, -0.2) is 106 Å². The van der Waals surface area contributed by atoms with E-state index in [0.717, 1.165) is 46.2 Å². The van der Waals surface area contributed by atoms with E-state index in [1.54, 1.807) is 42.7 Å². The Hall–Kier alpha value is -0.599. The summed E-state index contributed by atoms with van der Waals surface area (Å²) in [5.41, 5.74) is -2.31. The summed E-state index contributed by atoms with van der Waals surface area (Å²) in [6.07, 6.45) is 3.33. The van der Waals surface area contributed by atoms with Gasteiger partial charge in [0.25, 0.3) is 0 Å². The van der Waals surface area contributed by atoms with Crippen LogP contribution in [0.15, 0.2) is 14.4 Å². The SMILES string of the molecule is CO[Si](CCC[Si](C)(C)CC[Si](C)(C)CCCn1c(=O)n(CF)c(=O)n(CCC[Si](C)(C)CC[Si](C)(C)CCC[Si](OC)(OC)OC)c1=O)(OC)OC. The van der Waals surface area contributed by atoms with Crippen LogP contribution >= 0.6 is 0 Å². The van der Waals surface area contributed by atoms with Gasteiger partial charge in [0.15, 0.2) is 6.80 Å². The molecule has 0 bridgehead atoms. The largest absolute Gasteiger partial charge is 0.500 e. The van der Waals surface area contributed by atoms with Gasteiger partial charge in [-0.05, 0) is 12.8 Å². The van der Waals surface area contributed by atoms with Gasteiger partial charge < -0.3 is 26.6 Å². The van der Waals surface area contributed by atoms with Gasteiger partial charge in [-0.3, -0.25) is 0 Å². The van der Waals surface area contributed by atoms with Crippen LogP contribution in [0, 0.1) is 0 Å². The van der Waals surface area contributed by atoms with Gasteiger partial charge in [-0.2, -0.15) is 0 Å². The molecule has 0 unspecified atom stereocenters. The monoisotopic (exact) mass is 857 g/mol. The predicted octanol–water partition coefficient (Wildman–Crippen LogP) is 7.25. The number of rotatable bonds is 29. The maximum atomic E-state index is 14.0. The van der Waals surface area contributed by atoms with Crippen LogP contribution in [0.2, 0.25) is 113 Å². The fourth-order valence-corrected chi connectivity index (χ4v) is 27.6. The van der Waals surface area contributed by atoms with E-state index in [9.17, 15) is 18.8 Å². The van der Waals surface area contributed by atoms with E-state index < -0.39 is 73.8 Å². The molecule has 0 atom stereocenters. The molecule has 53 heavy (non-hydrogen) atoms. The average Bonchev–Trinajstić information content (AvgIpc) is 3.10. The number of hydrogen-bond acceptors (Lipinski definition) is 9. The smallest absolute Gasteiger partial charge is 0.377 e. The maximum absolute atomic E-state index is 14.0. The Bertz CT molecular complexity index is 1300. The number of hydrogen-bond donors (Lipinski definition) is 0. The molecular weight excluding hydrogens is 782 g/mol. The van der Waals surface area contributed by atoms with Gasteiger partial charge in [-0.1, -0.05) is 114 Å². The molecule has 0 spiro atoms. The van der Waals surface area contributed by atoms with Crippen LogP contribution in [0.25, 0.3) is 0 Å². The Balaban J connectivity index is 2.83. The highest BCUT2D eigenvalue weighted by atomic mass is 28.4. The van der Waals surface area contributed by atoms with Crippen LogP contribution in [0.3, 0.4) is 0 Å². The highest BCUT2D eigenvalue weighted by Gasteiger charge is 2.39. The van der Waals surface area contributed by atoms with E-state index in [1.807, 2.05) is 0 Å². The minimum atomic E-state index is -2.56. The zero-order valence-electron chi connectivity index (χ0n) is 35.9. The van der Waals surface area contributed by atoms with Gasteiger partial charge in [0.05, 0.1) is 0 Å². The second-order valence-electron chi connectivity index (χ2n) is 17.9. The van der Waals surface area contributed by atoms with Crippen molar-refractivity contribution in [3.8, 4) is 0 Å². The molecule has 1 aromatic rings. The van der Waals surface area contributed by atoms with E-state index >= 15 is 0 Å². The highest BCUT2D eigenvalue weighted by Crippen LogP contribution is 2.31. The van der Waals surface area contributed by atoms with Crippen molar-refractivity contribution < 1.29 is 30.9 Å². The zero-order chi connectivity index (χ0) is 40.7. The highest BCUT2D eigenvalue weighted by molar-refractivity contribution is 6.83. The van der Waals surface area contributed by atoms with Crippen molar-refractivity contribution in [2.45, 2.75) is 158 Å². The summed E-state index contributed by atoms with van der Waals surface area (Å²) in [5, 5.41) is 0. The Morgan fingerprint density at radius 2 is 0.642 bits per heavy atom. The first kappa shape index (κ1) is 50.4. The van der Waals surface area contributed by atoms with E-state index in [2.05, 4.69) is 52.4 Å². The van der Waals surface area contributed by atoms with E-state index in [-0.39, 0.29) is 13.1 Å². The molecule has 0 amide bonds. The van der Waals surface area contributed by atoms with Gasteiger partial charge in [0.2, 0.25) is 0 Å². The molecule has 0 aliphatic rings. The van der Waals surface area contributed by atoms with Crippen LogP contribution in [0.5, 0.6) is 0 Å². The molecule has 0 radical (unpaired) electrons. The normalized spacial score (nSPS) is 13.6. The Kier molecular flexibility index (Phi) is 21.3. The third kappa shape index (κ3) is 16.4. The molecule has 1 heterocycles. The predicted molar refractivity (Wildman–Crippen MR) is 230 cm³/mol. The van der Waals surface area contributed by atoms with E-state index in [1.165, 1.54) is 36.3 Å². The van der Waals surface area contributed by atoms with Crippen molar-refractivity contribution in [1.82, 2.24) is 13.7 Å². The van der Waals surface area contributed by atoms with Crippen molar-refractivity contribution in [2.24, 2.45) is 0 Å². The van der Waals surface area contributed by atoms with E-state index in [4.69, 9.17) is 26.6 Å². The molecule has 0 saturated heterocycles.